The van der Waals surface area contributed by atoms with Gasteiger partial charge in [-0.15, -0.1) is 0 Å². The van der Waals surface area contributed by atoms with Crippen molar-refractivity contribution in [3.8, 4) is 0 Å². The molecular formula is C18H14S. The zero-order chi connectivity index (χ0) is 12.7. The highest BCUT2D eigenvalue weighted by molar-refractivity contribution is 7.08. The summed E-state index contributed by atoms with van der Waals surface area (Å²) in [7, 11) is 0. The quantitative estimate of drug-likeness (QED) is 0.461. The van der Waals surface area contributed by atoms with Crippen molar-refractivity contribution in [2.45, 2.75) is 12.3 Å². The Labute approximate surface area is 117 Å². The van der Waals surface area contributed by atoms with Crippen molar-refractivity contribution in [2.75, 3.05) is 0 Å². The van der Waals surface area contributed by atoms with Gasteiger partial charge in [0, 0.05) is 5.92 Å². The minimum atomic E-state index is 0.410. The average Bonchev–Trinajstić information content (AvgIpc) is 2.93. The molecule has 3 aromatic rings. The molecule has 1 heterocycles. The van der Waals surface area contributed by atoms with Crippen molar-refractivity contribution in [1.29, 1.82) is 0 Å². The van der Waals surface area contributed by atoms with E-state index >= 15 is 0 Å². The largest absolute Gasteiger partial charge is 0.152 e. The van der Waals surface area contributed by atoms with Gasteiger partial charge in [-0.25, -0.2) is 0 Å². The first-order valence-electron chi connectivity index (χ1n) is 6.61. The molecular weight excluding hydrogens is 248 g/mol. The van der Waals surface area contributed by atoms with Crippen LogP contribution >= 0.6 is 11.3 Å². The second-order valence-electron chi connectivity index (χ2n) is 5.07. The van der Waals surface area contributed by atoms with E-state index < -0.39 is 0 Å². The summed E-state index contributed by atoms with van der Waals surface area (Å²) in [4.78, 5) is 0. The molecule has 2 aromatic carbocycles. The molecule has 0 bridgehead atoms. The maximum Gasteiger partial charge on any atom is 0.0353 e. The van der Waals surface area contributed by atoms with Gasteiger partial charge in [0.25, 0.3) is 0 Å². The number of fused-ring (bicyclic) bond motifs is 2. The second kappa shape index (κ2) is 4.36. The lowest BCUT2D eigenvalue weighted by Crippen LogP contribution is -2.13. The molecule has 0 spiro atoms. The lowest BCUT2D eigenvalue weighted by Gasteiger charge is -2.26. The van der Waals surface area contributed by atoms with E-state index in [4.69, 9.17) is 0 Å². The second-order valence-corrected chi connectivity index (χ2v) is 5.82. The Bertz CT molecular complexity index is 709. The first kappa shape index (κ1) is 11.0. The number of thiophene rings is 1. The molecule has 1 aliphatic rings. The number of benzene rings is 2. The molecule has 0 saturated heterocycles. The van der Waals surface area contributed by atoms with Gasteiger partial charge in [-0.05, 0) is 45.0 Å². The Balaban J connectivity index is 1.96. The third-order valence-electron chi connectivity index (χ3n) is 3.97. The maximum absolute atomic E-state index is 2.32. The van der Waals surface area contributed by atoms with Crippen molar-refractivity contribution in [2.24, 2.45) is 0 Å². The molecule has 0 fully saturated rings. The molecule has 0 radical (unpaired) electrons. The van der Waals surface area contributed by atoms with Crippen LogP contribution in [0.5, 0.6) is 0 Å². The highest BCUT2D eigenvalue weighted by Crippen LogP contribution is 2.42. The molecule has 1 heteroatoms. The molecule has 19 heavy (non-hydrogen) atoms. The van der Waals surface area contributed by atoms with E-state index in [9.17, 15) is 0 Å². The van der Waals surface area contributed by atoms with E-state index in [0.29, 0.717) is 5.92 Å². The van der Waals surface area contributed by atoms with Crippen molar-refractivity contribution in [1.82, 2.24) is 0 Å². The van der Waals surface area contributed by atoms with Gasteiger partial charge in [-0.2, -0.15) is 11.3 Å². The van der Waals surface area contributed by atoms with Crippen LogP contribution in [0.4, 0.5) is 0 Å². The molecule has 1 atom stereocenters. The van der Waals surface area contributed by atoms with Gasteiger partial charge in [0.15, 0.2) is 0 Å². The van der Waals surface area contributed by atoms with E-state index in [2.05, 4.69) is 65.4 Å². The number of rotatable bonds is 1. The molecule has 0 aliphatic heterocycles. The molecule has 1 aliphatic carbocycles. The van der Waals surface area contributed by atoms with E-state index in [0.717, 1.165) is 6.42 Å². The minimum Gasteiger partial charge on any atom is -0.152 e. The fraction of sp³-hybridized carbons (Fsp3) is 0.111. The van der Waals surface area contributed by atoms with Gasteiger partial charge >= 0.3 is 0 Å². The topological polar surface area (TPSA) is 0 Å². The summed E-state index contributed by atoms with van der Waals surface area (Å²) in [6.45, 7) is 0. The Morgan fingerprint density at radius 2 is 1.53 bits per heavy atom. The van der Waals surface area contributed by atoms with Gasteiger partial charge in [0.2, 0.25) is 0 Å². The molecule has 0 amide bonds. The summed E-state index contributed by atoms with van der Waals surface area (Å²) in [5, 5.41) is 4.63. The fourth-order valence-corrected chi connectivity index (χ4v) is 3.97. The molecule has 1 unspecified atom stereocenters. The van der Waals surface area contributed by atoms with Crippen molar-refractivity contribution >= 4 is 11.3 Å². The van der Waals surface area contributed by atoms with Crippen LogP contribution in [0.25, 0.3) is 0 Å². The van der Waals surface area contributed by atoms with Gasteiger partial charge in [-0.1, -0.05) is 54.6 Å². The average molecular weight is 262 g/mol. The summed E-state index contributed by atoms with van der Waals surface area (Å²) in [5.41, 5.74) is 7.34. The van der Waals surface area contributed by atoms with Gasteiger partial charge < -0.3 is 0 Å². The number of hydrogen-bond acceptors (Lipinski definition) is 1. The molecule has 0 nitrogen and oxygen atoms in total. The normalized spacial score (nSPS) is 16.7. The Morgan fingerprint density at radius 1 is 0.737 bits per heavy atom. The van der Waals surface area contributed by atoms with Crippen LogP contribution in [0, 0.1) is 0 Å². The van der Waals surface area contributed by atoms with Crippen LogP contribution in [0.1, 0.15) is 33.7 Å². The highest BCUT2D eigenvalue weighted by atomic mass is 32.1. The van der Waals surface area contributed by atoms with E-state index in [1.165, 1.54) is 27.8 Å². The van der Waals surface area contributed by atoms with Crippen molar-refractivity contribution in [3.63, 3.8) is 0 Å². The lowest BCUT2D eigenvalue weighted by atomic mass is 9.77. The first-order chi connectivity index (χ1) is 9.43. The summed E-state index contributed by atoms with van der Waals surface area (Å²) >= 11 is 1.82. The van der Waals surface area contributed by atoms with Crippen molar-refractivity contribution < 1.29 is 0 Å². The predicted molar refractivity (Wildman–Crippen MR) is 81.0 cm³/mol. The molecule has 0 saturated carbocycles. The van der Waals surface area contributed by atoms with Crippen LogP contribution < -0.4 is 0 Å². The van der Waals surface area contributed by atoms with Crippen LogP contribution in [0.15, 0.2) is 65.4 Å². The van der Waals surface area contributed by atoms with Gasteiger partial charge in [0.05, 0.1) is 0 Å². The van der Waals surface area contributed by atoms with Crippen molar-refractivity contribution in [3.05, 3.63) is 93.2 Å². The summed E-state index contributed by atoms with van der Waals surface area (Å²) in [6, 6.07) is 19.7. The summed E-state index contributed by atoms with van der Waals surface area (Å²) in [6.07, 6.45) is 1.08. The van der Waals surface area contributed by atoms with E-state index in [1.54, 1.807) is 0 Å². The third-order valence-corrected chi connectivity index (χ3v) is 4.78. The molecule has 1 aromatic heterocycles. The standard InChI is InChI=1S/C18H14S/c1-2-6-13(7-3-1)18-16-9-5-4-8-14(16)10-15-11-19-12-17(15)18/h1-9,11-12,18H,10H2. The van der Waals surface area contributed by atoms with Crippen LogP contribution in [-0.2, 0) is 6.42 Å². The van der Waals surface area contributed by atoms with Crippen LogP contribution in [0.3, 0.4) is 0 Å². The first-order valence-corrected chi connectivity index (χ1v) is 7.55. The molecule has 92 valence electrons. The highest BCUT2D eigenvalue weighted by Gasteiger charge is 2.26. The van der Waals surface area contributed by atoms with Gasteiger partial charge in [-0.3, -0.25) is 0 Å². The zero-order valence-electron chi connectivity index (χ0n) is 10.5. The monoisotopic (exact) mass is 262 g/mol. The smallest absolute Gasteiger partial charge is 0.0353 e. The Morgan fingerprint density at radius 3 is 2.42 bits per heavy atom. The SMILES string of the molecule is c1ccc(C2c3ccccc3Cc3cscc32)cc1. The Kier molecular flexibility index (Phi) is 2.52. The van der Waals surface area contributed by atoms with E-state index in [1.807, 2.05) is 11.3 Å². The van der Waals surface area contributed by atoms with Gasteiger partial charge in [0.1, 0.15) is 0 Å². The van der Waals surface area contributed by atoms with E-state index in [-0.39, 0.29) is 0 Å². The lowest BCUT2D eigenvalue weighted by molar-refractivity contribution is 0.895. The van der Waals surface area contributed by atoms with Crippen LogP contribution in [0.2, 0.25) is 0 Å². The zero-order valence-corrected chi connectivity index (χ0v) is 11.4. The predicted octanol–water partition coefficient (Wildman–Crippen LogP) is 4.83. The number of hydrogen-bond donors (Lipinski definition) is 0. The summed E-state index contributed by atoms with van der Waals surface area (Å²) < 4.78 is 0. The fourth-order valence-electron chi connectivity index (χ4n) is 3.08. The molecule has 4 rings (SSSR count). The van der Waals surface area contributed by atoms with Crippen LogP contribution in [-0.4, -0.2) is 0 Å². The third kappa shape index (κ3) is 1.73. The Hall–Kier alpha value is -1.86. The summed E-state index contributed by atoms with van der Waals surface area (Å²) in [5.74, 6) is 0.410. The minimum absolute atomic E-state index is 0.410. The maximum atomic E-state index is 2.32. The molecule has 0 N–H and O–H groups in total.